The number of rotatable bonds is 1. The van der Waals surface area contributed by atoms with Crippen molar-refractivity contribution in [2.75, 3.05) is 17.2 Å². The fourth-order valence-corrected chi connectivity index (χ4v) is 2.97. The molecule has 0 fully saturated rings. The van der Waals surface area contributed by atoms with Crippen LogP contribution in [-0.4, -0.2) is 17.4 Å². The molecule has 1 aliphatic heterocycles. The van der Waals surface area contributed by atoms with E-state index in [0.717, 1.165) is 17.8 Å². The number of carbonyl (C=O) groups excluding carboxylic acids is 1. The first-order chi connectivity index (χ1) is 8.65. The molecule has 0 atom stereocenters. The molecule has 0 aliphatic carbocycles. The standard InChI is InChI=1S/C12H10ClN3OS/c13-7-1-3-8(4-2-7)16-6-5-9-10(11(16)17)18-12(14)15-9/h1-4H,5-6H2,(H2,14,15). The number of halogens is 1. The van der Waals surface area contributed by atoms with Crippen LogP contribution in [0, 0.1) is 0 Å². The van der Waals surface area contributed by atoms with Gasteiger partial charge in [0.2, 0.25) is 0 Å². The van der Waals surface area contributed by atoms with Crippen LogP contribution in [0.2, 0.25) is 5.02 Å². The first kappa shape index (κ1) is 11.5. The number of nitrogens with two attached hydrogens (primary N) is 1. The number of aromatic nitrogens is 1. The minimum atomic E-state index is -0.0345. The van der Waals surface area contributed by atoms with Crippen LogP contribution in [0.15, 0.2) is 24.3 Å². The molecule has 0 saturated heterocycles. The Morgan fingerprint density at radius 1 is 1.33 bits per heavy atom. The normalized spacial score (nSPS) is 14.7. The largest absolute Gasteiger partial charge is 0.375 e. The Kier molecular flexibility index (Phi) is 2.72. The SMILES string of the molecule is Nc1nc2c(s1)C(=O)N(c1ccc(Cl)cc1)CC2. The third-order valence-corrected chi connectivity index (χ3v) is 4.03. The second-order valence-corrected chi connectivity index (χ2v) is 5.48. The zero-order valence-corrected chi connectivity index (χ0v) is 11.0. The molecule has 92 valence electrons. The average Bonchev–Trinajstić information content (AvgIpc) is 2.73. The maximum Gasteiger partial charge on any atom is 0.270 e. The summed E-state index contributed by atoms with van der Waals surface area (Å²) in [6, 6.07) is 7.24. The molecule has 1 aromatic heterocycles. The summed E-state index contributed by atoms with van der Waals surface area (Å²) in [6.45, 7) is 0.622. The van der Waals surface area contributed by atoms with Crippen molar-refractivity contribution < 1.29 is 4.79 Å². The van der Waals surface area contributed by atoms with Gasteiger partial charge in [0.15, 0.2) is 5.13 Å². The van der Waals surface area contributed by atoms with Gasteiger partial charge in [-0.15, -0.1) is 0 Å². The van der Waals surface area contributed by atoms with Crippen molar-refractivity contribution >= 4 is 39.7 Å². The van der Waals surface area contributed by atoms with Crippen LogP contribution < -0.4 is 10.6 Å². The maximum absolute atomic E-state index is 12.3. The minimum Gasteiger partial charge on any atom is -0.375 e. The van der Waals surface area contributed by atoms with Crippen LogP contribution in [0.3, 0.4) is 0 Å². The van der Waals surface area contributed by atoms with Crippen LogP contribution >= 0.6 is 22.9 Å². The zero-order valence-electron chi connectivity index (χ0n) is 9.39. The van der Waals surface area contributed by atoms with Crippen molar-refractivity contribution in [3.8, 4) is 0 Å². The summed E-state index contributed by atoms with van der Waals surface area (Å²) in [6.07, 6.45) is 0.734. The quantitative estimate of drug-likeness (QED) is 0.873. The second-order valence-electron chi connectivity index (χ2n) is 4.01. The highest BCUT2D eigenvalue weighted by atomic mass is 35.5. The van der Waals surface area contributed by atoms with E-state index in [1.165, 1.54) is 11.3 Å². The van der Waals surface area contributed by atoms with Crippen LogP contribution in [0.25, 0.3) is 0 Å². The predicted molar refractivity (Wildman–Crippen MR) is 73.4 cm³/mol. The van der Waals surface area contributed by atoms with Gasteiger partial charge in [-0.3, -0.25) is 4.79 Å². The fourth-order valence-electron chi connectivity index (χ4n) is 2.02. The molecule has 0 unspecified atom stereocenters. The molecular formula is C12H10ClN3OS. The van der Waals surface area contributed by atoms with Gasteiger partial charge in [-0.25, -0.2) is 4.98 Å². The molecule has 18 heavy (non-hydrogen) atoms. The summed E-state index contributed by atoms with van der Waals surface area (Å²) in [5.74, 6) is -0.0345. The molecule has 0 spiro atoms. The predicted octanol–water partition coefficient (Wildman–Crippen LogP) is 2.58. The molecule has 2 N–H and O–H groups in total. The van der Waals surface area contributed by atoms with E-state index in [0.29, 0.717) is 21.6 Å². The van der Waals surface area contributed by atoms with E-state index in [1.54, 1.807) is 17.0 Å². The van der Waals surface area contributed by atoms with Gasteiger partial charge in [-0.2, -0.15) is 0 Å². The van der Waals surface area contributed by atoms with E-state index in [9.17, 15) is 4.79 Å². The number of benzene rings is 1. The van der Waals surface area contributed by atoms with Crippen molar-refractivity contribution in [2.45, 2.75) is 6.42 Å². The third-order valence-electron chi connectivity index (χ3n) is 2.86. The van der Waals surface area contributed by atoms with Gasteiger partial charge in [0, 0.05) is 23.7 Å². The van der Waals surface area contributed by atoms with Crippen molar-refractivity contribution in [3.05, 3.63) is 39.9 Å². The van der Waals surface area contributed by atoms with E-state index >= 15 is 0 Å². The molecule has 3 rings (SSSR count). The highest BCUT2D eigenvalue weighted by Crippen LogP contribution is 2.29. The van der Waals surface area contributed by atoms with Crippen molar-refractivity contribution in [3.63, 3.8) is 0 Å². The lowest BCUT2D eigenvalue weighted by Gasteiger charge is -2.26. The fraction of sp³-hybridized carbons (Fsp3) is 0.167. The number of anilines is 2. The summed E-state index contributed by atoms with van der Waals surface area (Å²) >= 11 is 7.09. The number of thiazole rings is 1. The second kappa shape index (κ2) is 4.26. The summed E-state index contributed by atoms with van der Waals surface area (Å²) < 4.78 is 0. The Morgan fingerprint density at radius 3 is 2.78 bits per heavy atom. The first-order valence-corrected chi connectivity index (χ1v) is 6.67. The Morgan fingerprint density at radius 2 is 2.06 bits per heavy atom. The van der Waals surface area contributed by atoms with Crippen molar-refractivity contribution in [1.82, 2.24) is 4.98 Å². The summed E-state index contributed by atoms with van der Waals surface area (Å²) in [7, 11) is 0. The molecule has 6 heteroatoms. The average molecular weight is 280 g/mol. The topological polar surface area (TPSA) is 59.2 Å². The van der Waals surface area contributed by atoms with Gasteiger partial charge in [0.1, 0.15) is 4.88 Å². The summed E-state index contributed by atoms with van der Waals surface area (Å²) in [5, 5.41) is 1.11. The molecular weight excluding hydrogens is 270 g/mol. The van der Waals surface area contributed by atoms with Gasteiger partial charge >= 0.3 is 0 Å². The summed E-state index contributed by atoms with van der Waals surface area (Å²) in [5.41, 5.74) is 7.31. The van der Waals surface area contributed by atoms with Crippen molar-refractivity contribution in [2.24, 2.45) is 0 Å². The Labute approximate surface area is 113 Å². The molecule has 2 heterocycles. The lowest BCUT2D eigenvalue weighted by Crippen LogP contribution is -2.36. The Hall–Kier alpha value is -1.59. The highest BCUT2D eigenvalue weighted by Gasteiger charge is 2.28. The molecule has 4 nitrogen and oxygen atoms in total. The van der Waals surface area contributed by atoms with Gasteiger partial charge < -0.3 is 10.6 Å². The molecule has 2 aromatic rings. The Balaban J connectivity index is 1.97. The monoisotopic (exact) mass is 279 g/mol. The smallest absolute Gasteiger partial charge is 0.270 e. The van der Waals surface area contributed by atoms with Crippen LogP contribution in [0.5, 0.6) is 0 Å². The number of hydrogen-bond acceptors (Lipinski definition) is 4. The molecule has 1 aromatic carbocycles. The molecule has 0 saturated carbocycles. The molecule has 0 radical (unpaired) electrons. The number of nitrogen functional groups attached to an aromatic ring is 1. The minimum absolute atomic E-state index is 0.0345. The zero-order chi connectivity index (χ0) is 12.7. The number of nitrogens with zero attached hydrogens (tertiary/aromatic N) is 2. The third kappa shape index (κ3) is 1.85. The molecule has 0 bridgehead atoms. The van der Waals surface area contributed by atoms with E-state index in [2.05, 4.69) is 4.98 Å². The highest BCUT2D eigenvalue weighted by molar-refractivity contribution is 7.17. The van der Waals surface area contributed by atoms with Gasteiger partial charge in [-0.1, -0.05) is 22.9 Å². The Bertz CT molecular complexity index is 608. The molecule has 1 aliphatic rings. The van der Waals surface area contributed by atoms with Gasteiger partial charge in [0.05, 0.1) is 5.69 Å². The van der Waals surface area contributed by atoms with Crippen LogP contribution in [0.4, 0.5) is 10.8 Å². The summed E-state index contributed by atoms with van der Waals surface area (Å²) in [4.78, 5) is 18.9. The lowest BCUT2D eigenvalue weighted by atomic mass is 10.1. The van der Waals surface area contributed by atoms with Crippen molar-refractivity contribution in [1.29, 1.82) is 0 Å². The number of amides is 1. The van der Waals surface area contributed by atoms with E-state index in [4.69, 9.17) is 17.3 Å². The number of carbonyl (C=O) groups is 1. The maximum atomic E-state index is 12.3. The van der Waals surface area contributed by atoms with E-state index < -0.39 is 0 Å². The van der Waals surface area contributed by atoms with Gasteiger partial charge in [0.25, 0.3) is 5.91 Å². The first-order valence-electron chi connectivity index (χ1n) is 5.48. The van der Waals surface area contributed by atoms with Crippen LogP contribution in [0.1, 0.15) is 15.4 Å². The molecule has 1 amide bonds. The van der Waals surface area contributed by atoms with Crippen LogP contribution in [-0.2, 0) is 6.42 Å². The van der Waals surface area contributed by atoms with Gasteiger partial charge in [-0.05, 0) is 24.3 Å². The lowest BCUT2D eigenvalue weighted by molar-refractivity contribution is 0.0984. The number of fused-ring (bicyclic) bond motifs is 1. The van der Waals surface area contributed by atoms with E-state index in [-0.39, 0.29) is 5.91 Å². The number of hydrogen-bond donors (Lipinski definition) is 1. The van der Waals surface area contributed by atoms with E-state index in [1.807, 2.05) is 12.1 Å².